The normalized spacial score (nSPS) is 17.7. The number of anilines is 1. The number of benzene rings is 3. The summed E-state index contributed by atoms with van der Waals surface area (Å²) in [4.78, 5) is 17.0. The molecule has 2 aliphatic rings. The molecule has 7 nitrogen and oxygen atoms in total. The topological polar surface area (TPSA) is 71.5 Å². The van der Waals surface area contributed by atoms with Crippen LogP contribution in [0.15, 0.2) is 84.6 Å². The van der Waals surface area contributed by atoms with E-state index in [2.05, 4.69) is 17.0 Å². The lowest BCUT2D eigenvalue weighted by Crippen LogP contribution is -2.35. The SMILES string of the molecule is COc1cc(N2CC=C(Oc3ccc(-c4ccccc4)cc3)C2=O)ccc1OCCN1CCC[C@@H]1CO. The Bertz CT molecular complexity index is 1240. The molecule has 1 N–H and O–H groups in total. The van der Waals surface area contributed by atoms with Gasteiger partial charge in [-0.15, -0.1) is 0 Å². The predicted molar refractivity (Wildman–Crippen MR) is 143 cm³/mol. The quantitative estimate of drug-likeness (QED) is 0.442. The van der Waals surface area contributed by atoms with Crippen molar-refractivity contribution in [3.8, 4) is 28.4 Å². The molecule has 2 heterocycles. The number of carbonyl (C=O) groups excluding carboxylic acids is 1. The molecule has 3 aromatic rings. The molecule has 1 amide bonds. The molecule has 192 valence electrons. The van der Waals surface area contributed by atoms with Crippen LogP contribution in [0.1, 0.15) is 12.8 Å². The number of hydrogen-bond donors (Lipinski definition) is 1. The molecule has 2 aliphatic heterocycles. The highest BCUT2D eigenvalue weighted by Gasteiger charge is 2.28. The number of carbonyl (C=O) groups is 1. The van der Waals surface area contributed by atoms with Gasteiger partial charge in [-0.3, -0.25) is 9.69 Å². The molecular weight excluding hydrogens is 468 g/mol. The van der Waals surface area contributed by atoms with Crippen molar-refractivity contribution >= 4 is 11.6 Å². The van der Waals surface area contributed by atoms with Gasteiger partial charge < -0.3 is 24.2 Å². The summed E-state index contributed by atoms with van der Waals surface area (Å²) in [7, 11) is 1.59. The number of aliphatic hydroxyl groups is 1. The summed E-state index contributed by atoms with van der Waals surface area (Å²) in [6.07, 6.45) is 3.92. The van der Waals surface area contributed by atoms with Gasteiger partial charge in [0, 0.05) is 30.9 Å². The zero-order valence-corrected chi connectivity index (χ0v) is 21.0. The molecule has 3 aromatic carbocycles. The van der Waals surface area contributed by atoms with Gasteiger partial charge >= 0.3 is 0 Å². The van der Waals surface area contributed by atoms with Crippen molar-refractivity contribution in [2.24, 2.45) is 0 Å². The Kier molecular flexibility index (Phi) is 7.73. The second-order valence-electron chi connectivity index (χ2n) is 9.17. The van der Waals surface area contributed by atoms with Crippen molar-refractivity contribution in [2.75, 3.05) is 44.9 Å². The lowest BCUT2D eigenvalue weighted by atomic mass is 10.1. The zero-order valence-electron chi connectivity index (χ0n) is 21.0. The lowest BCUT2D eigenvalue weighted by Gasteiger charge is -2.23. The summed E-state index contributed by atoms with van der Waals surface area (Å²) in [5, 5.41) is 9.50. The Balaban J connectivity index is 1.19. The van der Waals surface area contributed by atoms with E-state index >= 15 is 0 Å². The van der Waals surface area contributed by atoms with Crippen LogP contribution in [0.25, 0.3) is 11.1 Å². The number of hydrogen-bond acceptors (Lipinski definition) is 6. The Hall–Kier alpha value is -3.81. The summed E-state index contributed by atoms with van der Waals surface area (Å²) in [5.41, 5.74) is 2.93. The largest absolute Gasteiger partial charge is 0.493 e. The van der Waals surface area contributed by atoms with Gasteiger partial charge in [-0.25, -0.2) is 0 Å². The monoisotopic (exact) mass is 500 g/mol. The molecule has 1 saturated heterocycles. The van der Waals surface area contributed by atoms with E-state index in [1.165, 1.54) is 0 Å². The minimum atomic E-state index is -0.202. The van der Waals surface area contributed by atoms with Crippen LogP contribution in [0, 0.1) is 0 Å². The first-order valence-electron chi connectivity index (χ1n) is 12.7. The van der Waals surface area contributed by atoms with Crippen LogP contribution < -0.4 is 19.1 Å². The fraction of sp³-hybridized carbons (Fsp3) is 0.300. The third-order valence-electron chi connectivity index (χ3n) is 6.91. The molecule has 1 fully saturated rings. The molecular formula is C30H32N2O5. The summed E-state index contributed by atoms with van der Waals surface area (Å²) in [6.45, 7) is 2.82. The molecule has 5 rings (SSSR count). The fourth-order valence-corrected chi connectivity index (χ4v) is 4.87. The summed E-state index contributed by atoms with van der Waals surface area (Å²) >= 11 is 0. The van der Waals surface area contributed by atoms with Crippen LogP contribution in [0.5, 0.6) is 17.2 Å². The van der Waals surface area contributed by atoms with E-state index in [-0.39, 0.29) is 18.6 Å². The standard InChI is InChI=1S/C30H32N2O5/c1-35-29-20-24(11-14-27(29)36-19-18-31-16-5-8-25(31)21-33)32-17-15-28(30(32)34)37-26-12-9-23(10-13-26)22-6-3-2-4-7-22/h2-4,6-7,9-15,20,25,33H,5,8,16-19,21H2,1H3/t25-/m1/s1. The Morgan fingerprint density at radius 2 is 1.76 bits per heavy atom. The maximum Gasteiger partial charge on any atom is 0.294 e. The lowest BCUT2D eigenvalue weighted by molar-refractivity contribution is -0.116. The fourth-order valence-electron chi connectivity index (χ4n) is 4.87. The first-order valence-corrected chi connectivity index (χ1v) is 12.7. The smallest absolute Gasteiger partial charge is 0.294 e. The summed E-state index contributed by atoms with van der Waals surface area (Å²) < 4.78 is 17.5. The van der Waals surface area contributed by atoms with Gasteiger partial charge in [-0.1, -0.05) is 42.5 Å². The van der Waals surface area contributed by atoms with Crippen molar-refractivity contribution in [3.05, 3.63) is 84.6 Å². The first-order chi connectivity index (χ1) is 18.2. The molecule has 0 radical (unpaired) electrons. The second-order valence-corrected chi connectivity index (χ2v) is 9.17. The molecule has 1 atom stereocenters. The molecule has 0 spiro atoms. The third kappa shape index (κ3) is 5.63. The van der Waals surface area contributed by atoms with E-state index in [1.807, 2.05) is 60.7 Å². The highest BCUT2D eigenvalue weighted by molar-refractivity contribution is 6.07. The van der Waals surface area contributed by atoms with Crippen molar-refractivity contribution in [3.63, 3.8) is 0 Å². The highest BCUT2D eigenvalue weighted by atomic mass is 16.5. The van der Waals surface area contributed by atoms with Crippen LogP contribution in [0.2, 0.25) is 0 Å². The van der Waals surface area contributed by atoms with E-state index in [4.69, 9.17) is 14.2 Å². The molecule has 0 unspecified atom stereocenters. The van der Waals surface area contributed by atoms with Gasteiger partial charge in [0.05, 0.1) is 13.7 Å². The van der Waals surface area contributed by atoms with Crippen LogP contribution in [0.4, 0.5) is 5.69 Å². The minimum Gasteiger partial charge on any atom is -0.493 e. The second kappa shape index (κ2) is 11.5. The van der Waals surface area contributed by atoms with Gasteiger partial charge in [-0.2, -0.15) is 0 Å². The van der Waals surface area contributed by atoms with Crippen molar-refractivity contribution in [2.45, 2.75) is 18.9 Å². The van der Waals surface area contributed by atoms with E-state index < -0.39 is 0 Å². The van der Waals surface area contributed by atoms with Gasteiger partial charge in [0.15, 0.2) is 17.3 Å². The van der Waals surface area contributed by atoms with Gasteiger partial charge in [0.2, 0.25) is 0 Å². The van der Waals surface area contributed by atoms with Crippen molar-refractivity contribution in [1.29, 1.82) is 0 Å². The number of rotatable bonds is 10. The number of nitrogens with zero attached hydrogens (tertiary/aromatic N) is 2. The summed E-state index contributed by atoms with van der Waals surface area (Å²) in [5.74, 6) is 1.91. The molecule has 0 saturated carbocycles. The van der Waals surface area contributed by atoms with Gasteiger partial charge in [-0.05, 0) is 60.9 Å². The Labute approximate surface area is 217 Å². The van der Waals surface area contributed by atoms with Crippen LogP contribution in [-0.2, 0) is 4.79 Å². The number of amides is 1. The average molecular weight is 501 g/mol. The Morgan fingerprint density at radius 1 is 0.973 bits per heavy atom. The molecule has 0 aliphatic carbocycles. The van der Waals surface area contributed by atoms with Gasteiger partial charge in [0.25, 0.3) is 5.91 Å². The number of likely N-dealkylation sites (tertiary alicyclic amines) is 1. The minimum absolute atomic E-state index is 0.181. The third-order valence-corrected chi connectivity index (χ3v) is 6.91. The predicted octanol–water partition coefficient (Wildman–Crippen LogP) is 4.51. The van der Waals surface area contributed by atoms with Crippen LogP contribution >= 0.6 is 0 Å². The first kappa shape index (κ1) is 24.9. The van der Waals surface area contributed by atoms with Crippen LogP contribution in [0.3, 0.4) is 0 Å². The average Bonchev–Trinajstić information content (AvgIpc) is 3.55. The zero-order chi connectivity index (χ0) is 25.6. The number of ether oxygens (including phenoxy) is 3. The molecule has 7 heteroatoms. The highest BCUT2D eigenvalue weighted by Crippen LogP contribution is 2.34. The maximum absolute atomic E-state index is 13.1. The van der Waals surface area contributed by atoms with E-state index in [0.717, 1.165) is 37.1 Å². The maximum atomic E-state index is 13.1. The molecule has 0 bridgehead atoms. The Morgan fingerprint density at radius 3 is 2.51 bits per heavy atom. The van der Waals surface area contributed by atoms with Gasteiger partial charge in [0.1, 0.15) is 12.4 Å². The van der Waals surface area contributed by atoms with E-state index in [9.17, 15) is 9.90 Å². The molecule has 0 aromatic heterocycles. The van der Waals surface area contributed by atoms with E-state index in [0.29, 0.717) is 41.8 Å². The van der Waals surface area contributed by atoms with E-state index in [1.54, 1.807) is 18.1 Å². The van der Waals surface area contributed by atoms with Crippen LogP contribution in [-0.4, -0.2) is 61.9 Å². The number of aliphatic hydroxyl groups excluding tert-OH is 1. The summed E-state index contributed by atoms with van der Waals surface area (Å²) in [6, 6.07) is 23.6. The number of methoxy groups -OCH3 is 1. The van der Waals surface area contributed by atoms with Crippen molar-refractivity contribution in [1.82, 2.24) is 4.90 Å². The molecule has 37 heavy (non-hydrogen) atoms. The van der Waals surface area contributed by atoms with Crippen molar-refractivity contribution < 1.29 is 24.1 Å².